The molecule has 1 aromatic heterocycles. The number of likely N-dealkylation sites (tertiary alicyclic amines) is 1. The van der Waals surface area contributed by atoms with Crippen molar-refractivity contribution in [2.24, 2.45) is 0 Å². The highest BCUT2D eigenvalue weighted by atomic mass is 15.3. The molecule has 2 aromatic rings. The van der Waals surface area contributed by atoms with Gasteiger partial charge < -0.3 is 10.2 Å². The maximum Gasteiger partial charge on any atom is 0.0766 e. The fraction of sp³-hybridized carbons (Fsp3) is 0.471. The Morgan fingerprint density at radius 3 is 2.86 bits per heavy atom. The van der Waals surface area contributed by atoms with E-state index in [-0.39, 0.29) is 0 Å². The van der Waals surface area contributed by atoms with Gasteiger partial charge in [0, 0.05) is 25.3 Å². The van der Waals surface area contributed by atoms with Crippen LogP contribution in [0.1, 0.15) is 25.0 Å². The van der Waals surface area contributed by atoms with Crippen molar-refractivity contribution >= 4 is 0 Å². The molecule has 4 nitrogen and oxygen atoms in total. The topological polar surface area (TPSA) is 33.1 Å². The molecule has 0 bridgehead atoms. The maximum absolute atomic E-state index is 4.62. The van der Waals surface area contributed by atoms with Gasteiger partial charge >= 0.3 is 0 Å². The van der Waals surface area contributed by atoms with Crippen LogP contribution in [0.5, 0.6) is 0 Å². The molecule has 1 aromatic carbocycles. The minimum atomic E-state index is 0.676. The van der Waals surface area contributed by atoms with Crippen molar-refractivity contribution in [3.63, 3.8) is 0 Å². The number of hydrogen-bond donors (Lipinski definition) is 1. The summed E-state index contributed by atoms with van der Waals surface area (Å²) >= 11 is 0. The standard InChI is InChI=1S/C17H24N4/c1-20-11-6-5-9-17(20)14-18-13-15-10-12-21(19-15)16-7-3-2-4-8-16/h2-4,7-8,10,12,17-18H,5-6,9,11,13-14H2,1H3. The largest absolute Gasteiger partial charge is 0.310 e. The summed E-state index contributed by atoms with van der Waals surface area (Å²) in [4.78, 5) is 2.47. The molecule has 4 heteroatoms. The summed E-state index contributed by atoms with van der Waals surface area (Å²) in [5.41, 5.74) is 2.20. The average molecular weight is 284 g/mol. The minimum absolute atomic E-state index is 0.676. The van der Waals surface area contributed by atoms with Crippen LogP contribution in [0, 0.1) is 0 Å². The van der Waals surface area contributed by atoms with E-state index in [2.05, 4.69) is 40.6 Å². The van der Waals surface area contributed by atoms with Crippen LogP contribution in [0.4, 0.5) is 0 Å². The monoisotopic (exact) mass is 284 g/mol. The first kappa shape index (κ1) is 14.3. The van der Waals surface area contributed by atoms with Crippen molar-refractivity contribution in [3.05, 3.63) is 48.3 Å². The summed E-state index contributed by atoms with van der Waals surface area (Å²) < 4.78 is 1.93. The van der Waals surface area contributed by atoms with E-state index in [1.165, 1.54) is 25.8 Å². The quantitative estimate of drug-likeness (QED) is 0.915. The third-order valence-corrected chi connectivity index (χ3v) is 4.27. The number of aromatic nitrogens is 2. The van der Waals surface area contributed by atoms with E-state index in [9.17, 15) is 0 Å². The lowest BCUT2D eigenvalue weighted by Gasteiger charge is -2.32. The molecular formula is C17H24N4. The summed E-state index contributed by atoms with van der Waals surface area (Å²) in [5.74, 6) is 0. The second-order valence-electron chi connectivity index (χ2n) is 5.85. The summed E-state index contributed by atoms with van der Waals surface area (Å²) in [6.07, 6.45) is 6.04. The SMILES string of the molecule is CN1CCCCC1CNCc1ccn(-c2ccccc2)n1. The number of piperidine rings is 1. The highest BCUT2D eigenvalue weighted by Crippen LogP contribution is 2.14. The molecule has 1 aliphatic heterocycles. The molecule has 3 rings (SSSR count). The molecule has 112 valence electrons. The fourth-order valence-electron chi connectivity index (χ4n) is 2.95. The molecular weight excluding hydrogens is 260 g/mol. The van der Waals surface area contributed by atoms with E-state index in [4.69, 9.17) is 0 Å². The molecule has 0 spiro atoms. The van der Waals surface area contributed by atoms with Gasteiger partial charge in [0.05, 0.1) is 11.4 Å². The first-order valence-electron chi connectivity index (χ1n) is 7.84. The van der Waals surface area contributed by atoms with Crippen LogP contribution in [0.25, 0.3) is 5.69 Å². The smallest absolute Gasteiger partial charge is 0.0766 e. The van der Waals surface area contributed by atoms with Gasteiger partial charge in [0.1, 0.15) is 0 Å². The van der Waals surface area contributed by atoms with E-state index >= 15 is 0 Å². The van der Waals surface area contributed by atoms with Crippen LogP contribution < -0.4 is 5.32 Å². The van der Waals surface area contributed by atoms with Crippen molar-refractivity contribution < 1.29 is 0 Å². The minimum Gasteiger partial charge on any atom is -0.310 e. The Bertz CT molecular complexity index is 549. The van der Waals surface area contributed by atoms with Gasteiger partial charge in [0.15, 0.2) is 0 Å². The predicted octanol–water partition coefficient (Wildman–Crippen LogP) is 2.45. The highest BCUT2D eigenvalue weighted by molar-refractivity contribution is 5.30. The van der Waals surface area contributed by atoms with Gasteiger partial charge in [-0.15, -0.1) is 0 Å². The predicted molar refractivity (Wildman–Crippen MR) is 85.5 cm³/mol. The summed E-state index contributed by atoms with van der Waals surface area (Å²) in [6.45, 7) is 3.12. The Kier molecular flexibility index (Phi) is 4.68. The number of para-hydroxylation sites is 1. The van der Waals surface area contributed by atoms with E-state index in [1.807, 2.05) is 29.1 Å². The Hall–Kier alpha value is -1.65. The van der Waals surface area contributed by atoms with E-state index in [1.54, 1.807) is 0 Å². The molecule has 1 fully saturated rings. The van der Waals surface area contributed by atoms with E-state index in [0.29, 0.717) is 6.04 Å². The van der Waals surface area contributed by atoms with Crippen molar-refractivity contribution in [1.82, 2.24) is 20.0 Å². The van der Waals surface area contributed by atoms with Gasteiger partial charge in [-0.05, 0) is 44.6 Å². The van der Waals surface area contributed by atoms with Crippen LogP contribution in [-0.4, -0.2) is 40.9 Å². The van der Waals surface area contributed by atoms with Crippen molar-refractivity contribution in [3.8, 4) is 5.69 Å². The number of likely N-dealkylation sites (N-methyl/N-ethyl adjacent to an activating group) is 1. The van der Waals surface area contributed by atoms with E-state index < -0.39 is 0 Å². The number of nitrogens with one attached hydrogen (secondary N) is 1. The summed E-state index contributed by atoms with van der Waals surface area (Å²) in [5, 5.41) is 8.17. The van der Waals surface area contributed by atoms with Gasteiger partial charge in [0.25, 0.3) is 0 Å². The maximum atomic E-state index is 4.62. The van der Waals surface area contributed by atoms with Gasteiger partial charge in [-0.3, -0.25) is 0 Å². The Labute approximate surface area is 126 Å². The molecule has 21 heavy (non-hydrogen) atoms. The molecule has 1 saturated heterocycles. The lowest BCUT2D eigenvalue weighted by atomic mass is 10.0. The normalized spacial score (nSPS) is 19.8. The van der Waals surface area contributed by atoms with Crippen LogP contribution in [0.3, 0.4) is 0 Å². The average Bonchev–Trinajstić information content (AvgIpc) is 2.99. The fourth-order valence-corrected chi connectivity index (χ4v) is 2.95. The Morgan fingerprint density at radius 1 is 1.19 bits per heavy atom. The van der Waals surface area contributed by atoms with Gasteiger partial charge in [-0.1, -0.05) is 24.6 Å². The molecule has 1 unspecified atom stereocenters. The number of hydrogen-bond acceptors (Lipinski definition) is 3. The number of nitrogens with zero attached hydrogens (tertiary/aromatic N) is 3. The highest BCUT2D eigenvalue weighted by Gasteiger charge is 2.18. The van der Waals surface area contributed by atoms with Crippen molar-refractivity contribution in [2.75, 3.05) is 20.1 Å². The second kappa shape index (κ2) is 6.87. The molecule has 0 radical (unpaired) electrons. The molecule has 0 saturated carbocycles. The molecule has 0 aliphatic carbocycles. The molecule has 1 N–H and O–H groups in total. The van der Waals surface area contributed by atoms with Gasteiger partial charge in [0.2, 0.25) is 0 Å². The van der Waals surface area contributed by atoms with Crippen LogP contribution >= 0.6 is 0 Å². The van der Waals surface area contributed by atoms with Crippen molar-refractivity contribution in [2.45, 2.75) is 31.8 Å². The summed E-state index contributed by atoms with van der Waals surface area (Å²) in [6, 6.07) is 13.0. The first-order valence-corrected chi connectivity index (χ1v) is 7.84. The number of rotatable bonds is 5. The zero-order valence-electron chi connectivity index (χ0n) is 12.7. The third kappa shape index (κ3) is 3.71. The number of benzene rings is 1. The molecule has 0 amide bonds. The lowest BCUT2D eigenvalue weighted by Crippen LogP contribution is -2.42. The molecule has 1 aliphatic rings. The zero-order chi connectivity index (χ0) is 14.5. The Morgan fingerprint density at radius 2 is 2.05 bits per heavy atom. The van der Waals surface area contributed by atoms with Crippen LogP contribution in [-0.2, 0) is 6.54 Å². The molecule has 2 heterocycles. The third-order valence-electron chi connectivity index (χ3n) is 4.27. The lowest BCUT2D eigenvalue weighted by molar-refractivity contribution is 0.181. The van der Waals surface area contributed by atoms with Crippen LogP contribution in [0.2, 0.25) is 0 Å². The van der Waals surface area contributed by atoms with Crippen LogP contribution in [0.15, 0.2) is 42.6 Å². The zero-order valence-corrected chi connectivity index (χ0v) is 12.7. The first-order chi connectivity index (χ1) is 10.3. The van der Waals surface area contributed by atoms with Crippen molar-refractivity contribution in [1.29, 1.82) is 0 Å². The summed E-state index contributed by atoms with van der Waals surface area (Å²) in [7, 11) is 2.23. The molecule has 1 atom stereocenters. The second-order valence-corrected chi connectivity index (χ2v) is 5.85. The van der Waals surface area contributed by atoms with Gasteiger partial charge in [-0.25, -0.2) is 4.68 Å². The Balaban J connectivity index is 1.51. The van der Waals surface area contributed by atoms with E-state index in [0.717, 1.165) is 24.5 Å². The van der Waals surface area contributed by atoms with Gasteiger partial charge in [-0.2, -0.15) is 5.10 Å².